The zero-order chi connectivity index (χ0) is 36.5. The number of amides is 2. The molecule has 0 aromatic heterocycles. The van der Waals surface area contributed by atoms with Crippen LogP contribution in [0.25, 0.3) is 0 Å². The number of halogens is 2. The van der Waals surface area contributed by atoms with E-state index in [9.17, 15) is 24.2 Å². The Balaban J connectivity index is 1.54. The lowest BCUT2D eigenvalue weighted by Gasteiger charge is -2.42. The lowest BCUT2D eigenvalue weighted by Crippen LogP contribution is -2.63. The highest BCUT2D eigenvalue weighted by atomic mass is 35.5. The van der Waals surface area contributed by atoms with E-state index in [4.69, 9.17) is 41.0 Å². The number of hydrogen-bond donors (Lipinski definition) is 5. The summed E-state index contributed by atoms with van der Waals surface area (Å²) in [6.07, 6.45) is -0.999. The molecule has 8 atom stereocenters. The number of ether oxygens (including phenoxy) is 5. The Morgan fingerprint density at radius 2 is 2.00 bits per heavy atom. The van der Waals surface area contributed by atoms with Crippen molar-refractivity contribution < 1.29 is 47.9 Å². The Morgan fingerprint density at radius 1 is 1.26 bits per heavy atom. The second-order valence-corrected chi connectivity index (χ2v) is 13.6. The summed E-state index contributed by atoms with van der Waals surface area (Å²) in [5.41, 5.74) is 5.24. The average Bonchev–Trinajstić information content (AvgIpc) is 3.75. The van der Waals surface area contributed by atoms with Gasteiger partial charge in [0.1, 0.15) is 46.7 Å². The van der Waals surface area contributed by atoms with Crippen molar-refractivity contribution in [1.82, 2.24) is 5.32 Å². The molecule has 4 bridgehead atoms. The number of nitrogens with two attached hydrogens (primary N) is 1. The maximum atomic E-state index is 13.7. The van der Waals surface area contributed by atoms with Gasteiger partial charge < -0.3 is 44.5 Å². The van der Waals surface area contributed by atoms with E-state index in [2.05, 4.69) is 10.6 Å². The topological polar surface area (TPSA) is 177 Å². The highest BCUT2D eigenvalue weighted by molar-refractivity contribution is 6.34. The van der Waals surface area contributed by atoms with E-state index in [0.717, 1.165) is 23.3 Å². The first-order chi connectivity index (χ1) is 23.6. The van der Waals surface area contributed by atoms with Gasteiger partial charge in [0.05, 0.1) is 30.3 Å². The molecule has 0 radical (unpaired) electrons. The van der Waals surface area contributed by atoms with Gasteiger partial charge in [-0.05, 0) is 56.2 Å². The van der Waals surface area contributed by atoms with Crippen LogP contribution in [0.2, 0.25) is 5.02 Å². The lowest BCUT2D eigenvalue weighted by atomic mass is 9.83. The molecule has 272 valence electrons. The molecule has 0 aliphatic carbocycles. The Hall–Kier alpha value is -4.08. The third-order valence-electron chi connectivity index (χ3n) is 9.61. The number of epoxide rings is 1. The molecule has 2 amide bonds. The zero-order valence-electron chi connectivity index (χ0n) is 28.7. The van der Waals surface area contributed by atoms with Gasteiger partial charge in [-0.15, -0.1) is 0 Å². The van der Waals surface area contributed by atoms with Crippen molar-refractivity contribution in [1.29, 1.82) is 0 Å². The molecule has 6 N–H and O–H groups in total. The van der Waals surface area contributed by atoms with Crippen molar-refractivity contribution in [2.45, 2.75) is 82.0 Å². The summed E-state index contributed by atoms with van der Waals surface area (Å²) in [6, 6.07) is 7.14. The van der Waals surface area contributed by atoms with E-state index in [0.29, 0.717) is 17.9 Å². The van der Waals surface area contributed by atoms with Crippen molar-refractivity contribution in [2.75, 3.05) is 37.2 Å². The van der Waals surface area contributed by atoms with E-state index in [1.807, 2.05) is 19.1 Å². The fraction of sp³-hybridized carbons (Fsp3) is 0.486. The number of fused-ring (bicyclic) bond motifs is 5. The van der Waals surface area contributed by atoms with Crippen LogP contribution in [-0.2, 0) is 25.4 Å². The molecule has 13 nitrogen and oxygen atoms in total. The minimum absolute atomic E-state index is 0.0134. The summed E-state index contributed by atoms with van der Waals surface area (Å²) in [5, 5.41) is 28.6. The van der Waals surface area contributed by atoms with Crippen LogP contribution >= 0.6 is 11.6 Å². The van der Waals surface area contributed by atoms with E-state index >= 15 is 0 Å². The van der Waals surface area contributed by atoms with Gasteiger partial charge in [0, 0.05) is 32.9 Å². The molecular weight excluding hydrogens is 675 g/mol. The zero-order valence-corrected chi connectivity index (χ0v) is 29.5. The van der Waals surface area contributed by atoms with Crippen molar-refractivity contribution in [3.05, 3.63) is 70.5 Å². The van der Waals surface area contributed by atoms with Crippen LogP contribution in [0, 0.1) is 11.7 Å². The van der Waals surface area contributed by atoms with E-state index in [1.165, 1.54) is 20.3 Å². The predicted octanol–water partition coefficient (Wildman–Crippen LogP) is 4.89. The summed E-state index contributed by atoms with van der Waals surface area (Å²) >= 11 is 6.75. The molecule has 3 aliphatic rings. The number of benzene rings is 2. The van der Waals surface area contributed by atoms with Gasteiger partial charge >= 0.3 is 12.2 Å². The molecule has 3 heterocycles. The summed E-state index contributed by atoms with van der Waals surface area (Å²) in [4.78, 5) is 27.6. The first kappa shape index (κ1) is 37.2. The largest absolute Gasteiger partial charge is 0.495 e. The Labute approximate surface area is 295 Å². The molecule has 2 saturated heterocycles. The van der Waals surface area contributed by atoms with Gasteiger partial charge in [0.2, 0.25) is 0 Å². The first-order valence-electron chi connectivity index (χ1n) is 16.1. The number of nitrogens with zero attached hydrogens (tertiary/aromatic N) is 1. The number of allylic oxidation sites excluding steroid dienone is 3. The molecule has 5 rings (SSSR count). The normalized spacial score (nSPS) is 33.1. The average molecular weight is 719 g/mol. The summed E-state index contributed by atoms with van der Waals surface area (Å²) < 4.78 is 42.6. The number of nitrogens with one attached hydrogen (secondary N) is 2. The lowest BCUT2D eigenvalue weighted by molar-refractivity contribution is -0.142. The number of aliphatic hydroxyl groups excluding tert-OH is 1. The minimum Gasteiger partial charge on any atom is -0.495 e. The molecule has 0 saturated carbocycles. The Bertz CT molecular complexity index is 1680. The number of anilines is 3. The highest BCUT2D eigenvalue weighted by Gasteiger charge is 2.64. The van der Waals surface area contributed by atoms with Crippen molar-refractivity contribution in [2.24, 2.45) is 5.92 Å². The molecule has 1 unspecified atom stereocenters. The number of carbonyl (C=O) groups is 2. The molecule has 3 aliphatic heterocycles. The van der Waals surface area contributed by atoms with Crippen LogP contribution < -0.4 is 26.0 Å². The Kier molecular flexibility index (Phi) is 10.9. The molecule has 15 heteroatoms. The van der Waals surface area contributed by atoms with Crippen LogP contribution in [-0.4, -0.2) is 85.6 Å². The summed E-state index contributed by atoms with van der Waals surface area (Å²) in [5.74, 6) is -0.699. The Morgan fingerprint density at radius 3 is 2.68 bits per heavy atom. The van der Waals surface area contributed by atoms with Gasteiger partial charge in [-0.1, -0.05) is 42.3 Å². The molecule has 2 aromatic rings. The van der Waals surface area contributed by atoms with Gasteiger partial charge in [0.25, 0.3) is 0 Å². The SMILES string of the molecule is COc1cc2cc(c1Cl)N(C)C(O)C[C@H](OC(=O)Nc1ccc(F)cc1N)[C@]1(C)O[C@H]1[C@H](C)[C@@H]1C[C@@](O)(NC(=O)O1)[C@H](OC)/C=C/C=C(\C)C2. The highest BCUT2D eigenvalue weighted by Crippen LogP contribution is 2.49. The van der Waals surface area contributed by atoms with Gasteiger partial charge in [0.15, 0.2) is 5.72 Å². The number of nitrogen functional groups attached to an aromatic ring is 1. The number of rotatable bonds is 4. The minimum atomic E-state index is -1.82. The van der Waals surface area contributed by atoms with Gasteiger partial charge in [-0.25, -0.2) is 14.0 Å². The van der Waals surface area contributed by atoms with Crippen LogP contribution in [0.4, 0.5) is 31.0 Å². The molecule has 50 heavy (non-hydrogen) atoms. The third kappa shape index (κ3) is 7.79. The van der Waals surface area contributed by atoms with Crippen molar-refractivity contribution >= 4 is 40.8 Å². The summed E-state index contributed by atoms with van der Waals surface area (Å²) in [6.45, 7) is 5.44. The summed E-state index contributed by atoms with van der Waals surface area (Å²) in [7, 11) is 4.57. The fourth-order valence-corrected chi connectivity index (χ4v) is 6.97. The van der Waals surface area contributed by atoms with Crippen molar-refractivity contribution in [3.8, 4) is 5.75 Å². The number of hydrogen-bond acceptors (Lipinski definition) is 11. The number of alkyl carbamates (subject to hydrolysis) is 1. The monoisotopic (exact) mass is 718 g/mol. The smallest absolute Gasteiger partial charge is 0.412 e. The second kappa shape index (κ2) is 14.6. The van der Waals surface area contributed by atoms with Crippen molar-refractivity contribution in [3.63, 3.8) is 0 Å². The van der Waals surface area contributed by atoms with E-state index < -0.39 is 65.9 Å². The van der Waals surface area contributed by atoms with E-state index in [1.54, 1.807) is 44.0 Å². The quantitative estimate of drug-likeness (QED) is 0.215. The van der Waals surface area contributed by atoms with E-state index in [-0.39, 0.29) is 29.2 Å². The van der Waals surface area contributed by atoms with Gasteiger partial charge in [-0.3, -0.25) is 10.6 Å². The molecule has 0 spiro atoms. The van der Waals surface area contributed by atoms with Crippen LogP contribution in [0.3, 0.4) is 0 Å². The molecule has 2 aromatic carbocycles. The van der Waals surface area contributed by atoms with Crippen LogP contribution in [0.15, 0.2) is 54.1 Å². The number of aliphatic hydroxyl groups is 2. The van der Waals surface area contributed by atoms with Gasteiger partial charge in [-0.2, -0.15) is 0 Å². The molecular formula is C35H44ClFN4O9. The predicted molar refractivity (Wildman–Crippen MR) is 185 cm³/mol. The van der Waals surface area contributed by atoms with Crippen LogP contribution in [0.5, 0.6) is 5.75 Å². The second-order valence-electron chi connectivity index (χ2n) is 13.2. The number of methoxy groups -OCH3 is 2. The maximum absolute atomic E-state index is 13.7. The van der Waals surface area contributed by atoms with Crippen LogP contribution in [0.1, 0.15) is 39.2 Å². The maximum Gasteiger partial charge on any atom is 0.412 e. The molecule has 2 fully saturated rings. The fourth-order valence-electron chi connectivity index (χ4n) is 6.65. The first-order valence-corrected chi connectivity index (χ1v) is 16.5. The number of carbonyl (C=O) groups excluding carboxylic acids is 2. The third-order valence-corrected chi connectivity index (χ3v) is 9.99. The standard InChI is InChI=1S/C35H44ClFN4O9/c1-18-8-7-9-27(47-6)35(45)17-26(48-33(44)40-35)19(2)31-34(3,50-31)28(49-32(43)39-23-11-10-21(37)15-22(23)38)16-29(42)41(4)24-13-20(12-18)14-25(46-5)30(24)36/h7-11,13-15,19,26-29,31,42,45H,12,16-17,38H2,1-6H3,(H,39,43)(H,40,44)/b9-7+,18-8+/t19-,26+,27-,28+,29?,31+,34+,35+/m1/s1.